The number of benzene rings is 2. The Morgan fingerprint density at radius 2 is 1.91 bits per heavy atom. The first-order chi connectivity index (χ1) is 11.0. The lowest BCUT2D eigenvalue weighted by Gasteiger charge is -2.09. The lowest BCUT2D eigenvalue weighted by molar-refractivity contribution is -0.124. The quantitative estimate of drug-likeness (QED) is 0.654. The van der Waals surface area contributed by atoms with Gasteiger partial charge in [0, 0.05) is 17.8 Å². The molecule has 0 spiro atoms. The van der Waals surface area contributed by atoms with E-state index in [2.05, 4.69) is 5.32 Å². The summed E-state index contributed by atoms with van der Waals surface area (Å²) in [5.41, 5.74) is 7.45. The minimum atomic E-state index is -0.674. The van der Waals surface area contributed by atoms with Crippen molar-refractivity contribution in [1.82, 2.24) is 5.32 Å². The Bertz CT molecular complexity index is 732. The van der Waals surface area contributed by atoms with Gasteiger partial charge in [0.2, 0.25) is 0 Å². The van der Waals surface area contributed by atoms with Crippen LogP contribution in [0.5, 0.6) is 0 Å². The molecule has 0 saturated heterocycles. The second-order valence-corrected chi connectivity index (χ2v) is 4.98. The number of nitrogen functional groups attached to an aromatic ring is 1. The van der Waals surface area contributed by atoms with Gasteiger partial charge < -0.3 is 15.8 Å². The Morgan fingerprint density at radius 3 is 2.65 bits per heavy atom. The first-order valence-electron chi connectivity index (χ1n) is 7.01. The predicted molar refractivity (Wildman–Crippen MR) is 84.1 cm³/mol. The van der Waals surface area contributed by atoms with Crippen LogP contribution >= 0.6 is 0 Å². The molecule has 0 aliphatic heterocycles. The molecule has 1 amide bonds. The lowest BCUT2D eigenvalue weighted by atomic mass is 10.1. The van der Waals surface area contributed by atoms with E-state index in [9.17, 15) is 14.0 Å². The van der Waals surface area contributed by atoms with E-state index in [1.165, 1.54) is 12.1 Å². The van der Waals surface area contributed by atoms with E-state index in [-0.39, 0.29) is 12.1 Å². The summed E-state index contributed by atoms with van der Waals surface area (Å²) in [6.07, 6.45) is 0. The summed E-state index contributed by atoms with van der Waals surface area (Å²) < 4.78 is 18.3. The fourth-order valence-corrected chi connectivity index (χ4v) is 1.95. The zero-order valence-corrected chi connectivity index (χ0v) is 12.6. The zero-order valence-electron chi connectivity index (χ0n) is 12.6. The molecule has 0 atom stereocenters. The van der Waals surface area contributed by atoms with Crippen LogP contribution in [0.1, 0.15) is 21.5 Å². The maximum Gasteiger partial charge on any atom is 0.340 e. The fraction of sp³-hybridized carbons (Fsp3) is 0.176. The van der Waals surface area contributed by atoms with Crippen LogP contribution in [0.4, 0.5) is 10.1 Å². The molecular weight excluding hydrogens is 299 g/mol. The highest BCUT2D eigenvalue weighted by molar-refractivity contribution is 5.96. The van der Waals surface area contributed by atoms with Crippen LogP contribution in [0.3, 0.4) is 0 Å². The molecule has 2 aromatic carbocycles. The minimum absolute atomic E-state index is 0.0235. The summed E-state index contributed by atoms with van der Waals surface area (Å²) >= 11 is 0. The number of ether oxygens (including phenoxy) is 1. The summed E-state index contributed by atoms with van der Waals surface area (Å²) in [5.74, 6) is -1.60. The number of nitrogens with one attached hydrogen (secondary N) is 1. The maximum absolute atomic E-state index is 13.4. The van der Waals surface area contributed by atoms with Crippen molar-refractivity contribution in [3.8, 4) is 0 Å². The van der Waals surface area contributed by atoms with Gasteiger partial charge in [0.25, 0.3) is 5.91 Å². The van der Waals surface area contributed by atoms with Crippen LogP contribution in [-0.4, -0.2) is 18.5 Å². The zero-order chi connectivity index (χ0) is 16.8. The first kappa shape index (κ1) is 16.5. The third-order valence-corrected chi connectivity index (χ3v) is 3.31. The third-order valence-electron chi connectivity index (χ3n) is 3.31. The van der Waals surface area contributed by atoms with Gasteiger partial charge in [-0.3, -0.25) is 4.79 Å². The highest BCUT2D eigenvalue weighted by Gasteiger charge is 2.14. The molecule has 0 unspecified atom stereocenters. The Kier molecular flexibility index (Phi) is 5.30. The summed E-state index contributed by atoms with van der Waals surface area (Å²) in [4.78, 5) is 23.6. The van der Waals surface area contributed by atoms with Gasteiger partial charge >= 0.3 is 5.97 Å². The van der Waals surface area contributed by atoms with E-state index >= 15 is 0 Å². The highest BCUT2D eigenvalue weighted by atomic mass is 19.1. The minimum Gasteiger partial charge on any atom is -0.452 e. The van der Waals surface area contributed by atoms with Crippen molar-refractivity contribution in [2.45, 2.75) is 13.5 Å². The number of hydrogen-bond donors (Lipinski definition) is 2. The molecule has 6 heteroatoms. The second-order valence-electron chi connectivity index (χ2n) is 4.98. The molecule has 120 valence electrons. The molecule has 0 heterocycles. The molecule has 2 rings (SSSR count). The Hall–Kier alpha value is -2.89. The van der Waals surface area contributed by atoms with E-state index in [1.807, 2.05) is 0 Å². The first-order valence-corrected chi connectivity index (χ1v) is 7.01. The number of nitrogens with two attached hydrogens (primary N) is 1. The average Bonchev–Trinajstić information content (AvgIpc) is 2.54. The number of esters is 1. The predicted octanol–water partition coefficient (Wildman–Crippen LogP) is 2.19. The van der Waals surface area contributed by atoms with Gasteiger partial charge in [-0.05, 0) is 24.6 Å². The number of rotatable bonds is 5. The number of carbonyl (C=O) groups excluding carboxylic acids is 2. The lowest BCUT2D eigenvalue weighted by Crippen LogP contribution is -2.28. The van der Waals surface area contributed by atoms with Gasteiger partial charge in [0.15, 0.2) is 6.61 Å². The number of halogens is 1. The van der Waals surface area contributed by atoms with Gasteiger partial charge in [0.05, 0.1) is 5.56 Å². The number of anilines is 1. The van der Waals surface area contributed by atoms with Crippen molar-refractivity contribution in [2.24, 2.45) is 0 Å². The second kappa shape index (κ2) is 7.40. The smallest absolute Gasteiger partial charge is 0.340 e. The Morgan fingerprint density at radius 1 is 1.17 bits per heavy atom. The molecule has 3 N–H and O–H groups in total. The molecule has 0 aromatic heterocycles. The standard InChI is InChI=1S/C17H17FN2O3/c1-11-5-4-7-13(16(11)19)17(22)23-10-15(21)20-9-12-6-2-3-8-14(12)18/h2-8H,9-10,19H2,1H3,(H,20,21). The van der Waals surface area contributed by atoms with E-state index in [4.69, 9.17) is 10.5 Å². The largest absolute Gasteiger partial charge is 0.452 e. The van der Waals surface area contributed by atoms with Gasteiger partial charge in [0.1, 0.15) is 5.82 Å². The number of para-hydroxylation sites is 1. The molecule has 0 radical (unpaired) electrons. The van der Waals surface area contributed by atoms with E-state index < -0.39 is 24.3 Å². The molecule has 0 fully saturated rings. The topological polar surface area (TPSA) is 81.4 Å². The van der Waals surface area contributed by atoms with E-state index in [0.717, 1.165) is 5.56 Å². The summed E-state index contributed by atoms with van der Waals surface area (Å²) in [6.45, 7) is 1.34. The number of amides is 1. The van der Waals surface area contributed by atoms with Crippen LogP contribution in [-0.2, 0) is 16.1 Å². The van der Waals surface area contributed by atoms with Gasteiger partial charge in [-0.25, -0.2) is 9.18 Å². The summed E-state index contributed by atoms with van der Waals surface area (Å²) in [7, 11) is 0. The van der Waals surface area contributed by atoms with Crippen LogP contribution in [0.2, 0.25) is 0 Å². The molecule has 5 nitrogen and oxygen atoms in total. The van der Waals surface area contributed by atoms with Crippen molar-refractivity contribution in [3.05, 3.63) is 65.0 Å². The maximum atomic E-state index is 13.4. The van der Waals surface area contributed by atoms with Gasteiger partial charge in [-0.2, -0.15) is 0 Å². The molecular formula is C17H17FN2O3. The van der Waals surface area contributed by atoms with Crippen molar-refractivity contribution in [3.63, 3.8) is 0 Å². The molecule has 0 aliphatic rings. The number of hydrogen-bond acceptors (Lipinski definition) is 4. The molecule has 0 aliphatic carbocycles. The number of aryl methyl sites for hydroxylation is 1. The normalized spacial score (nSPS) is 10.2. The Balaban J connectivity index is 1.86. The van der Waals surface area contributed by atoms with E-state index in [1.54, 1.807) is 37.3 Å². The SMILES string of the molecule is Cc1cccc(C(=O)OCC(=O)NCc2ccccc2F)c1N. The highest BCUT2D eigenvalue weighted by Crippen LogP contribution is 2.17. The summed E-state index contributed by atoms with van der Waals surface area (Å²) in [5, 5.41) is 2.49. The monoisotopic (exact) mass is 316 g/mol. The van der Waals surface area contributed by atoms with Crippen LogP contribution in [0.25, 0.3) is 0 Å². The van der Waals surface area contributed by atoms with Gasteiger partial charge in [-0.15, -0.1) is 0 Å². The van der Waals surface area contributed by atoms with Crippen molar-refractivity contribution >= 4 is 17.6 Å². The molecule has 0 bridgehead atoms. The fourth-order valence-electron chi connectivity index (χ4n) is 1.95. The van der Waals surface area contributed by atoms with E-state index in [0.29, 0.717) is 11.3 Å². The summed E-state index contributed by atoms with van der Waals surface area (Å²) in [6, 6.07) is 11.1. The Labute approximate surface area is 133 Å². The number of carbonyl (C=O) groups is 2. The van der Waals surface area contributed by atoms with Crippen LogP contribution < -0.4 is 11.1 Å². The van der Waals surface area contributed by atoms with Crippen LogP contribution in [0.15, 0.2) is 42.5 Å². The van der Waals surface area contributed by atoms with Crippen molar-refractivity contribution in [1.29, 1.82) is 0 Å². The molecule has 0 saturated carbocycles. The average molecular weight is 316 g/mol. The third kappa shape index (κ3) is 4.29. The van der Waals surface area contributed by atoms with Crippen molar-refractivity contribution in [2.75, 3.05) is 12.3 Å². The van der Waals surface area contributed by atoms with Gasteiger partial charge in [-0.1, -0.05) is 30.3 Å². The molecule has 23 heavy (non-hydrogen) atoms. The molecule has 2 aromatic rings. The van der Waals surface area contributed by atoms with Crippen LogP contribution in [0, 0.1) is 12.7 Å². The van der Waals surface area contributed by atoms with Crippen molar-refractivity contribution < 1.29 is 18.7 Å².